The summed E-state index contributed by atoms with van der Waals surface area (Å²) in [5.41, 5.74) is 0.928. The van der Waals surface area contributed by atoms with E-state index >= 15 is 0 Å². The Kier molecular flexibility index (Phi) is 2.65. The number of carbonyl (C=O) groups excluding carboxylic acids is 1. The van der Waals surface area contributed by atoms with Gasteiger partial charge in [0.05, 0.1) is 0 Å². The summed E-state index contributed by atoms with van der Waals surface area (Å²) < 4.78 is 10.0. The Morgan fingerprint density at radius 2 is 2.36 bits per heavy atom. The van der Waals surface area contributed by atoms with E-state index in [2.05, 4.69) is 0 Å². The Hall–Kier alpha value is -0.830. The topological polar surface area (TPSA) is 35.5 Å². The molecule has 0 aromatic carbocycles. The highest BCUT2D eigenvalue weighted by Crippen LogP contribution is 2.19. The van der Waals surface area contributed by atoms with Crippen molar-refractivity contribution >= 4 is 5.97 Å². The molecule has 3 heteroatoms. The van der Waals surface area contributed by atoms with Crippen LogP contribution in [0.1, 0.15) is 20.3 Å². The first kappa shape index (κ1) is 8.27. The number of hydrogen-bond donors (Lipinski definition) is 0. The van der Waals surface area contributed by atoms with Crippen molar-refractivity contribution in [1.29, 1.82) is 0 Å². The summed E-state index contributed by atoms with van der Waals surface area (Å²) in [7, 11) is 0. The van der Waals surface area contributed by atoms with Crippen molar-refractivity contribution in [2.75, 3.05) is 6.61 Å². The number of cyclic esters (lactones) is 1. The lowest BCUT2D eigenvalue weighted by Crippen LogP contribution is -2.15. The van der Waals surface area contributed by atoms with E-state index in [-0.39, 0.29) is 5.97 Å². The fourth-order valence-corrected chi connectivity index (χ4v) is 0.996. The van der Waals surface area contributed by atoms with E-state index in [0.29, 0.717) is 6.61 Å². The van der Waals surface area contributed by atoms with Crippen molar-refractivity contribution in [3.05, 3.63) is 11.6 Å². The number of rotatable bonds is 3. The highest BCUT2D eigenvalue weighted by molar-refractivity contribution is 5.85. The predicted molar refractivity (Wildman–Crippen MR) is 39.9 cm³/mol. The van der Waals surface area contributed by atoms with Crippen LogP contribution in [0, 0.1) is 0 Å². The van der Waals surface area contributed by atoms with Gasteiger partial charge in [0, 0.05) is 18.3 Å². The fourth-order valence-electron chi connectivity index (χ4n) is 0.996. The van der Waals surface area contributed by atoms with Crippen molar-refractivity contribution in [1.82, 2.24) is 0 Å². The molecule has 1 rings (SSSR count). The Labute approximate surface area is 66.0 Å². The van der Waals surface area contributed by atoms with Gasteiger partial charge in [0.25, 0.3) is 0 Å². The molecule has 0 aromatic rings. The number of carbonyl (C=O) groups is 1. The molecule has 1 unspecified atom stereocenters. The minimum Gasteiger partial charge on any atom is -0.428 e. The van der Waals surface area contributed by atoms with Gasteiger partial charge in [0.15, 0.2) is 0 Å². The smallest absolute Gasteiger partial charge is 0.333 e. The lowest BCUT2D eigenvalue weighted by molar-refractivity contribution is -0.158. The van der Waals surface area contributed by atoms with Crippen LogP contribution in [0.25, 0.3) is 0 Å². The van der Waals surface area contributed by atoms with E-state index in [4.69, 9.17) is 9.47 Å². The molecule has 0 aliphatic carbocycles. The zero-order valence-corrected chi connectivity index (χ0v) is 6.79. The van der Waals surface area contributed by atoms with Gasteiger partial charge in [0.2, 0.25) is 6.29 Å². The summed E-state index contributed by atoms with van der Waals surface area (Å²) in [4.78, 5) is 10.7. The second kappa shape index (κ2) is 3.53. The molecule has 0 fully saturated rings. The maximum Gasteiger partial charge on any atom is 0.333 e. The second-order valence-electron chi connectivity index (χ2n) is 2.30. The molecule has 0 spiro atoms. The molecule has 1 aliphatic heterocycles. The minimum atomic E-state index is -0.419. The Bertz CT molecular complexity index is 184. The standard InChI is InChI=1S/C8H12O3/c1-3-6-5-7(9)11-8(6)10-4-2/h5,8H,3-4H2,1-2H3. The third-order valence-corrected chi connectivity index (χ3v) is 1.56. The molecule has 0 saturated heterocycles. The first-order valence-corrected chi connectivity index (χ1v) is 3.80. The Morgan fingerprint density at radius 3 is 2.91 bits per heavy atom. The largest absolute Gasteiger partial charge is 0.428 e. The molecule has 11 heavy (non-hydrogen) atoms. The molecular weight excluding hydrogens is 144 g/mol. The van der Waals surface area contributed by atoms with E-state index in [0.717, 1.165) is 12.0 Å². The second-order valence-corrected chi connectivity index (χ2v) is 2.30. The molecule has 0 amide bonds. The highest BCUT2D eigenvalue weighted by Gasteiger charge is 2.24. The monoisotopic (exact) mass is 156 g/mol. The predicted octanol–water partition coefficient (Wildman–Crippen LogP) is 1.24. The number of hydrogen-bond acceptors (Lipinski definition) is 3. The summed E-state index contributed by atoms with van der Waals surface area (Å²) in [6.07, 6.45) is 1.88. The Morgan fingerprint density at radius 1 is 1.64 bits per heavy atom. The summed E-state index contributed by atoms with van der Waals surface area (Å²) in [5.74, 6) is -0.291. The lowest BCUT2D eigenvalue weighted by Gasteiger charge is -2.11. The molecule has 3 nitrogen and oxygen atoms in total. The third kappa shape index (κ3) is 1.80. The van der Waals surface area contributed by atoms with E-state index in [9.17, 15) is 4.79 Å². The molecule has 0 bridgehead atoms. The van der Waals surface area contributed by atoms with E-state index in [1.165, 1.54) is 6.08 Å². The molecular formula is C8H12O3. The lowest BCUT2D eigenvalue weighted by atomic mass is 10.2. The fraction of sp³-hybridized carbons (Fsp3) is 0.625. The van der Waals surface area contributed by atoms with E-state index < -0.39 is 6.29 Å². The average molecular weight is 156 g/mol. The van der Waals surface area contributed by atoms with Crippen LogP contribution < -0.4 is 0 Å². The zero-order valence-electron chi connectivity index (χ0n) is 6.79. The first-order valence-electron chi connectivity index (χ1n) is 3.80. The van der Waals surface area contributed by atoms with E-state index in [1.54, 1.807) is 0 Å². The van der Waals surface area contributed by atoms with Crippen LogP contribution >= 0.6 is 0 Å². The van der Waals surface area contributed by atoms with Crippen LogP contribution in [0.2, 0.25) is 0 Å². The van der Waals surface area contributed by atoms with Crippen LogP contribution in [-0.2, 0) is 14.3 Å². The van der Waals surface area contributed by atoms with Crippen LogP contribution in [0.15, 0.2) is 11.6 Å². The van der Waals surface area contributed by atoms with Gasteiger partial charge in [-0.3, -0.25) is 0 Å². The van der Waals surface area contributed by atoms with Gasteiger partial charge >= 0.3 is 5.97 Å². The van der Waals surface area contributed by atoms with Gasteiger partial charge in [-0.2, -0.15) is 0 Å². The minimum absolute atomic E-state index is 0.291. The summed E-state index contributed by atoms with van der Waals surface area (Å²) in [6.45, 7) is 4.41. The molecule has 0 aromatic heterocycles. The molecule has 0 N–H and O–H groups in total. The molecule has 0 saturated carbocycles. The quantitative estimate of drug-likeness (QED) is 0.577. The van der Waals surface area contributed by atoms with Gasteiger partial charge in [-0.25, -0.2) is 4.79 Å². The molecule has 1 atom stereocenters. The van der Waals surface area contributed by atoms with E-state index in [1.807, 2.05) is 13.8 Å². The molecule has 0 radical (unpaired) electrons. The van der Waals surface area contributed by atoms with Crippen LogP contribution in [0.4, 0.5) is 0 Å². The van der Waals surface area contributed by atoms with Crippen LogP contribution in [-0.4, -0.2) is 18.9 Å². The maximum atomic E-state index is 10.7. The van der Waals surface area contributed by atoms with Gasteiger partial charge in [-0.05, 0) is 13.3 Å². The van der Waals surface area contributed by atoms with Crippen LogP contribution in [0.3, 0.4) is 0 Å². The zero-order chi connectivity index (χ0) is 8.27. The summed E-state index contributed by atoms with van der Waals surface area (Å²) in [6, 6.07) is 0. The molecule has 62 valence electrons. The number of esters is 1. The SMILES string of the molecule is CCOC1OC(=O)C=C1CC. The summed E-state index contributed by atoms with van der Waals surface area (Å²) in [5, 5.41) is 0. The van der Waals surface area contributed by atoms with Gasteiger partial charge in [-0.1, -0.05) is 6.92 Å². The summed E-state index contributed by atoms with van der Waals surface area (Å²) >= 11 is 0. The molecule has 1 heterocycles. The highest BCUT2D eigenvalue weighted by atomic mass is 16.7. The van der Waals surface area contributed by atoms with Gasteiger partial charge < -0.3 is 9.47 Å². The van der Waals surface area contributed by atoms with Crippen molar-refractivity contribution < 1.29 is 14.3 Å². The average Bonchev–Trinajstić information content (AvgIpc) is 2.32. The maximum absolute atomic E-state index is 10.7. The normalized spacial score (nSPS) is 23.3. The number of ether oxygens (including phenoxy) is 2. The van der Waals surface area contributed by atoms with Crippen molar-refractivity contribution in [2.45, 2.75) is 26.6 Å². The third-order valence-electron chi connectivity index (χ3n) is 1.56. The molecule has 1 aliphatic rings. The van der Waals surface area contributed by atoms with Gasteiger partial charge in [0.1, 0.15) is 0 Å². The Balaban J connectivity index is 2.56. The van der Waals surface area contributed by atoms with Gasteiger partial charge in [-0.15, -0.1) is 0 Å². The first-order chi connectivity index (χ1) is 5.27. The van der Waals surface area contributed by atoms with Crippen molar-refractivity contribution in [3.63, 3.8) is 0 Å². The van der Waals surface area contributed by atoms with Crippen LogP contribution in [0.5, 0.6) is 0 Å². The van der Waals surface area contributed by atoms with Crippen molar-refractivity contribution in [2.24, 2.45) is 0 Å². The van der Waals surface area contributed by atoms with Crippen molar-refractivity contribution in [3.8, 4) is 0 Å².